The Bertz CT molecular complexity index is 1140. The first kappa shape index (κ1) is 29.0. The average Bonchev–Trinajstić information content (AvgIpc) is 3.37. The van der Waals surface area contributed by atoms with E-state index >= 15 is 0 Å². The number of benzene rings is 2. The SMILES string of the molecule is CC[C@H](C(=O)NC1CCCC1)N(CCc1ccccc1)C(=O)CCCN(c1cccc(Cl)c1)S(C)(=O)=O. The van der Waals surface area contributed by atoms with Crippen molar-refractivity contribution in [2.24, 2.45) is 0 Å². The Balaban J connectivity index is 1.71. The molecule has 0 aromatic heterocycles. The Labute approximate surface area is 226 Å². The summed E-state index contributed by atoms with van der Waals surface area (Å²) in [5.74, 6) is -0.253. The third-order valence-corrected chi connectivity index (χ3v) is 8.25. The number of hydrogen-bond donors (Lipinski definition) is 1. The van der Waals surface area contributed by atoms with Gasteiger partial charge in [-0.2, -0.15) is 0 Å². The number of sulfonamides is 1. The van der Waals surface area contributed by atoms with E-state index in [-0.39, 0.29) is 30.8 Å². The monoisotopic (exact) mass is 547 g/mol. The van der Waals surface area contributed by atoms with Gasteiger partial charge in [0.15, 0.2) is 0 Å². The maximum absolute atomic E-state index is 13.5. The van der Waals surface area contributed by atoms with E-state index in [4.69, 9.17) is 11.6 Å². The zero-order valence-electron chi connectivity index (χ0n) is 21.7. The van der Waals surface area contributed by atoms with Gasteiger partial charge in [0.2, 0.25) is 21.8 Å². The summed E-state index contributed by atoms with van der Waals surface area (Å²) in [6.07, 6.45) is 6.92. The summed E-state index contributed by atoms with van der Waals surface area (Å²) >= 11 is 6.07. The van der Waals surface area contributed by atoms with Gasteiger partial charge in [-0.05, 0) is 55.9 Å². The molecule has 0 spiro atoms. The molecule has 1 fully saturated rings. The van der Waals surface area contributed by atoms with Crippen LogP contribution in [0.1, 0.15) is 57.4 Å². The van der Waals surface area contributed by atoms with Crippen LogP contribution in [0.4, 0.5) is 5.69 Å². The smallest absolute Gasteiger partial charge is 0.243 e. The fourth-order valence-electron chi connectivity index (χ4n) is 4.90. The Hall–Kier alpha value is -2.58. The van der Waals surface area contributed by atoms with Gasteiger partial charge in [-0.3, -0.25) is 13.9 Å². The number of carbonyl (C=O) groups is 2. The molecule has 1 aliphatic carbocycles. The Kier molecular flexibility index (Phi) is 10.8. The molecule has 1 saturated carbocycles. The van der Waals surface area contributed by atoms with Crippen molar-refractivity contribution in [3.05, 3.63) is 65.2 Å². The molecule has 0 saturated heterocycles. The van der Waals surface area contributed by atoms with Crippen LogP contribution in [0.5, 0.6) is 0 Å². The molecule has 0 radical (unpaired) electrons. The summed E-state index contributed by atoms with van der Waals surface area (Å²) in [7, 11) is -3.56. The standard InChI is InChI=1S/C28H38ClN3O4S/c1-3-26(28(34)30-24-14-7-8-15-24)31(20-18-22-11-5-4-6-12-22)27(33)17-10-19-32(37(2,35)36)25-16-9-13-23(29)21-25/h4-6,9,11-13,16,21,24,26H,3,7-8,10,14-15,17-20H2,1-2H3,(H,30,34)/t26-/m1/s1. The topological polar surface area (TPSA) is 86.8 Å². The molecule has 2 amide bonds. The van der Waals surface area contributed by atoms with Crippen molar-refractivity contribution >= 4 is 39.1 Å². The first-order chi connectivity index (χ1) is 17.7. The molecule has 0 aliphatic heterocycles. The highest BCUT2D eigenvalue weighted by molar-refractivity contribution is 7.92. The summed E-state index contributed by atoms with van der Waals surface area (Å²) in [5.41, 5.74) is 1.56. The maximum Gasteiger partial charge on any atom is 0.243 e. The molecule has 1 N–H and O–H groups in total. The van der Waals surface area contributed by atoms with Gasteiger partial charge in [0.05, 0.1) is 11.9 Å². The van der Waals surface area contributed by atoms with Gasteiger partial charge in [-0.25, -0.2) is 8.42 Å². The summed E-state index contributed by atoms with van der Waals surface area (Å²) in [6, 6.07) is 16.2. The summed E-state index contributed by atoms with van der Waals surface area (Å²) in [4.78, 5) is 28.4. The van der Waals surface area contributed by atoms with E-state index in [1.165, 1.54) is 4.31 Å². The summed E-state index contributed by atoms with van der Waals surface area (Å²) in [5, 5.41) is 3.59. The highest BCUT2D eigenvalue weighted by atomic mass is 35.5. The largest absolute Gasteiger partial charge is 0.352 e. The highest BCUT2D eigenvalue weighted by Gasteiger charge is 2.30. The second-order valence-corrected chi connectivity index (χ2v) is 12.0. The number of amides is 2. The van der Waals surface area contributed by atoms with Crippen molar-refractivity contribution < 1.29 is 18.0 Å². The number of nitrogens with zero attached hydrogens (tertiary/aromatic N) is 2. The van der Waals surface area contributed by atoms with Crippen molar-refractivity contribution in [1.82, 2.24) is 10.2 Å². The molecule has 0 unspecified atom stereocenters. The number of anilines is 1. The number of rotatable bonds is 13. The van der Waals surface area contributed by atoms with Crippen LogP contribution in [-0.4, -0.2) is 56.6 Å². The minimum absolute atomic E-state index is 0.104. The third-order valence-electron chi connectivity index (χ3n) is 6.82. The number of halogens is 1. The van der Waals surface area contributed by atoms with Crippen LogP contribution < -0.4 is 9.62 Å². The van der Waals surface area contributed by atoms with E-state index in [0.717, 1.165) is 37.5 Å². The molecule has 2 aromatic carbocycles. The second-order valence-electron chi connectivity index (χ2n) is 9.66. The first-order valence-corrected chi connectivity index (χ1v) is 15.3. The second kappa shape index (κ2) is 13.8. The lowest BCUT2D eigenvalue weighted by Gasteiger charge is -2.32. The highest BCUT2D eigenvalue weighted by Crippen LogP contribution is 2.23. The van der Waals surface area contributed by atoms with Crippen LogP contribution in [0.15, 0.2) is 54.6 Å². The molecular formula is C28H38ClN3O4S. The van der Waals surface area contributed by atoms with E-state index in [0.29, 0.717) is 36.5 Å². The molecule has 202 valence electrons. The molecule has 0 heterocycles. The van der Waals surface area contributed by atoms with E-state index in [2.05, 4.69) is 5.32 Å². The molecule has 3 rings (SSSR count). The lowest BCUT2D eigenvalue weighted by molar-refractivity contribution is -0.141. The van der Waals surface area contributed by atoms with Crippen molar-refractivity contribution in [1.29, 1.82) is 0 Å². The maximum atomic E-state index is 13.5. The predicted octanol–water partition coefficient (Wildman–Crippen LogP) is 4.79. The zero-order valence-corrected chi connectivity index (χ0v) is 23.3. The van der Waals surface area contributed by atoms with E-state index in [1.807, 2.05) is 37.3 Å². The average molecular weight is 548 g/mol. The lowest BCUT2D eigenvalue weighted by Crippen LogP contribution is -2.52. The Morgan fingerprint density at radius 1 is 1.05 bits per heavy atom. The van der Waals surface area contributed by atoms with Gasteiger partial charge >= 0.3 is 0 Å². The van der Waals surface area contributed by atoms with Gasteiger partial charge < -0.3 is 10.2 Å². The molecule has 0 bridgehead atoms. The van der Waals surface area contributed by atoms with Gasteiger partial charge in [-0.1, -0.05) is 67.8 Å². The van der Waals surface area contributed by atoms with Gasteiger partial charge in [0.25, 0.3) is 0 Å². The first-order valence-electron chi connectivity index (χ1n) is 13.1. The van der Waals surface area contributed by atoms with E-state index < -0.39 is 16.1 Å². The summed E-state index contributed by atoms with van der Waals surface area (Å²) in [6.45, 7) is 2.48. The summed E-state index contributed by atoms with van der Waals surface area (Å²) < 4.78 is 26.2. The molecule has 2 aromatic rings. The number of carbonyl (C=O) groups excluding carboxylic acids is 2. The van der Waals surface area contributed by atoms with Crippen molar-refractivity contribution in [2.75, 3.05) is 23.7 Å². The third kappa shape index (κ3) is 8.75. The van der Waals surface area contributed by atoms with Crippen molar-refractivity contribution in [2.45, 2.75) is 70.4 Å². The van der Waals surface area contributed by atoms with Crippen molar-refractivity contribution in [3.63, 3.8) is 0 Å². The number of hydrogen-bond acceptors (Lipinski definition) is 4. The molecule has 1 aliphatic rings. The van der Waals surface area contributed by atoms with Gasteiger partial charge in [-0.15, -0.1) is 0 Å². The van der Waals surface area contributed by atoms with E-state index in [1.54, 1.807) is 29.2 Å². The molecular weight excluding hydrogens is 510 g/mol. The van der Waals surface area contributed by atoms with Gasteiger partial charge in [0, 0.05) is 30.6 Å². The minimum atomic E-state index is -3.56. The van der Waals surface area contributed by atoms with E-state index in [9.17, 15) is 18.0 Å². The molecule has 7 nitrogen and oxygen atoms in total. The lowest BCUT2D eigenvalue weighted by atomic mass is 10.1. The van der Waals surface area contributed by atoms with Crippen LogP contribution in [0.25, 0.3) is 0 Å². The quantitative estimate of drug-likeness (QED) is 0.390. The molecule has 1 atom stereocenters. The van der Waals surface area contributed by atoms with Crippen LogP contribution in [0.3, 0.4) is 0 Å². The number of nitrogens with one attached hydrogen (secondary N) is 1. The fraction of sp³-hybridized carbons (Fsp3) is 0.500. The van der Waals surface area contributed by atoms with Crippen LogP contribution >= 0.6 is 11.6 Å². The van der Waals surface area contributed by atoms with Crippen LogP contribution in [0.2, 0.25) is 5.02 Å². The molecule has 9 heteroatoms. The molecule has 37 heavy (non-hydrogen) atoms. The Morgan fingerprint density at radius 2 is 1.76 bits per heavy atom. The zero-order chi connectivity index (χ0) is 26.8. The predicted molar refractivity (Wildman–Crippen MR) is 149 cm³/mol. The fourth-order valence-corrected chi connectivity index (χ4v) is 6.04. The van der Waals surface area contributed by atoms with Crippen LogP contribution in [0, 0.1) is 0 Å². The van der Waals surface area contributed by atoms with Crippen molar-refractivity contribution in [3.8, 4) is 0 Å². The van der Waals surface area contributed by atoms with Crippen LogP contribution in [-0.2, 0) is 26.0 Å². The normalized spacial score (nSPS) is 14.8. The Morgan fingerprint density at radius 3 is 2.38 bits per heavy atom. The minimum Gasteiger partial charge on any atom is -0.352 e. The van der Waals surface area contributed by atoms with Gasteiger partial charge in [0.1, 0.15) is 6.04 Å².